The SMILES string of the molecule is CC[C@@]12O[C@@H]1C[C@H]1[C@@H]3CCC4=CC(=O)CC[C@]4(C)[C@H]3CC[C@@]12C. The summed E-state index contributed by atoms with van der Waals surface area (Å²) in [6, 6.07) is 0. The van der Waals surface area contributed by atoms with Gasteiger partial charge in [-0.25, -0.2) is 0 Å². The summed E-state index contributed by atoms with van der Waals surface area (Å²) in [5, 5.41) is 0. The lowest BCUT2D eigenvalue weighted by Gasteiger charge is -2.58. The van der Waals surface area contributed by atoms with E-state index in [0.717, 1.165) is 30.6 Å². The van der Waals surface area contributed by atoms with Crippen LogP contribution in [0.25, 0.3) is 0 Å². The first kappa shape index (κ1) is 14.7. The highest BCUT2D eigenvalue weighted by Crippen LogP contribution is 2.74. The number of fused-ring (bicyclic) bond motifs is 7. The van der Waals surface area contributed by atoms with Crippen molar-refractivity contribution in [2.75, 3.05) is 0 Å². The molecule has 4 aliphatic carbocycles. The Morgan fingerprint density at radius 2 is 2.00 bits per heavy atom. The van der Waals surface area contributed by atoms with Gasteiger partial charge in [0.05, 0.1) is 6.10 Å². The molecular weight excluding hydrogens is 284 g/mol. The standard InChI is InChI=1S/C21H30O2/c1-4-21-18(23-21)12-17-15-6-5-13-11-14(22)7-9-19(13,2)16(15)8-10-20(17,21)3/h11,15-18H,4-10,12H2,1-3H3/t15-,16+,17+,18-,19+,20+,21-/m1/s1. The fourth-order valence-electron chi connectivity index (χ4n) is 7.75. The number of rotatable bonds is 1. The minimum absolute atomic E-state index is 0.224. The molecule has 4 fully saturated rings. The van der Waals surface area contributed by atoms with Crippen molar-refractivity contribution in [3.8, 4) is 0 Å². The Bertz CT molecular complexity index is 603. The summed E-state index contributed by atoms with van der Waals surface area (Å²) in [4.78, 5) is 11.9. The van der Waals surface area contributed by atoms with Gasteiger partial charge in [0.2, 0.25) is 0 Å². The molecule has 2 nitrogen and oxygen atoms in total. The number of hydrogen-bond donors (Lipinski definition) is 0. The molecule has 0 aromatic carbocycles. The minimum atomic E-state index is 0.224. The van der Waals surface area contributed by atoms with Gasteiger partial charge in [0.1, 0.15) is 5.60 Å². The molecule has 0 N–H and O–H groups in total. The van der Waals surface area contributed by atoms with Crippen LogP contribution in [-0.4, -0.2) is 17.5 Å². The summed E-state index contributed by atoms with van der Waals surface area (Å²) in [6.45, 7) is 7.35. The predicted octanol–water partition coefficient (Wildman–Crippen LogP) is 4.68. The first-order valence-corrected chi connectivity index (χ1v) is 9.86. The van der Waals surface area contributed by atoms with Gasteiger partial charge in [0.25, 0.3) is 0 Å². The molecule has 1 heterocycles. The van der Waals surface area contributed by atoms with Crippen molar-refractivity contribution in [1.82, 2.24) is 0 Å². The molecular formula is C21H30O2. The number of ether oxygens (including phenoxy) is 1. The van der Waals surface area contributed by atoms with Gasteiger partial charge in [0, 0.05) is 11.8 Å². The summed E-state index contributed by atoms with van der Waals surface area (Å²) in [5.41, 5.74) is 2.44. The van der Waals surface area contributed by atoms with E-state index in [1.165, 1.54) is 44.1 Å². The molecule has 5 aliphatic rings. The maximum atomic E-state index is 11.9. The summed E-state index contributed by atoms with van der Waals surface area (Å²) < 4.78 is 6.23. The number of allylic oxidation sites excluding steroid dienone is 1. The molecule has 1 saturated heterocycles. The van der Waals surface area contributed by atoms with E-state index < -0.39 is 0 Å². The van der Waals surface area contributed by atoms with Crippen LogP contribution in [0.3, 0.4) is 0 Å². The summed E-state index contributed by atoms with van der Waals surface area (Å²) >= 11 is 0. The van der Waals surface area contributed by atoms with Gasteiger partial charge < -0.3 is 4.74 Å². The fraction of sp³-hybridized carbons (Fsp3) is 0.857. The van der Waals surface area contributed by atoms with Crippen molar-refractivity contribution >= 4 is 5.78 Å². The van der Waals surface area contributed by atoms with Crippen molar-refractivity contribution in [1.29, 1.82) is 0 Å². The summed E-state index contributed by atoms with van der Waals surface area (Å²) in [6.07, 6.45) is 12.1. The zero-order valence-electron chi connectivity index (χ0n) is 14.9. The third kappa shape index (κ3) is 1.57. The van der Waals surface area contributed by atoms with Crippen molar-refractivity contribution < 1.29 is 9.53 Å². The van der Waals surface area contributed by atoms with E-state index in [2.05, 4.69) is 20.8 Å². The quantitative estimate of drug-likeness (QED) is 0.658. The molecule has 0 unspecified atom stereocenters. The van der Waals surface area contributed by atoms with E-state index in [9.17, 15) is 4.79 Å². The van der Waals surface area contributed by atoms with Crippen LogP contribution in [0.5, 0.6) is 0 Å². The molecule has 3 saturated carbocycles. The lowest BCUT2D eigenvalue weighted by molar-refractivity contribution is -0.118. The number of carbonyl (C=O) groups excluding carboxylic acids is 1. The Morgan fingerprint density at radius 1 is 1.17 bits per heavy atom. The van der Waals surface area contributed by atoms with Crippen LogP contribution >= 0.6 is 0 Å². The van der Waals surface area contributed by atoms with Crippen LogP contribution in [0.15, 0.2) is 11.6 Å². The second-order valence-corrected chi connectivity index (χ2v) is 9.51. The van der Waals surface area contributed by atoms with Crippen molar-refractivity contribution in [3.05, 3.63) is 11.6 Å². The molecule has 0 radical (unpaired) electrons. The first-order valence-electron chi connectivity index (χ1n) is 9.86. The summed E-state index contributed by atoms with van der Waals surface area (Å²) in [7, 11) is 0. The van der Waals surface area contributed by atoms with Gasteiger partial charge >= 0.3 is 0 Å². The topological polar surface area (TPSA) is 29.6 Å². The van der Waals surface area contributed by atoms with E-state index in [-0.39, 0.29) is 5.60 Å². The molecule has 2 heteroatoms. The number of epoxide rings is 1. The maximum absolute atomic E-state index is 11.9. The smallest absolute Gasteiger partial charge is 0.155 e. The molecule has 0 bridgehead atoms. The lowest BCUT2D eigenvalue weighted by Crippen LogP contribution is -2.52. The maximum Gasteiger partial charge on any atom is 0.155 e. The average Bonchev–Trinajstić information content (AvgIpc) is 3.20. The monoisotopic (exact) mass is 314 g/mol. The molecule has 1 aliphatic heterocycles. The van der Waals surface area contributed by atoms with E-state index in [1.807, 2.05) is 6.08 Å². The molecule has 5 rings (SSSR count). The Balaban J connectivity index is 1.51. The zero-order valence-corrected chi connectivity index (χ0v) is 14.9. The molecule has 0 spiro atoms. The van der Waals surface area contributed by atoms with E-state index in [4.69, 9.17) is 4.74 Å². The second kappa shape index (κ2) is 4.31. The first-order chi connectivity index (χ1) is 10.9. The van der Waals surface area contributed by atoms with Gasteiger partial charge in [-0.2, -0.15) is 0 Å². The molecule has 0 aromatic heterocycles. The average molecular weight is 314 g/mol. The molecule has 0 aromatic rings. The minimum Gasteiger partial charge on any atom is -0.365 e. The number of hydrogen-bond acceptors (Lipinski definition) is 2. The molecule has 0 amide bonds. The normalized spacial score (nSPS) is 57.0. The Kier molecular flexibility index (Phi) is 2.75. The predicted molar refractivity (Wildman–Crippen MR) is 90.0 cm³/mol. The van der Waals surface area contributed by atoms with Crippen molar-refractivity contribution in [2.45, 2.75) is 83.8 Å². The zero-order chi connectivity index (χ0) is 16.0. The Hall–Kier alpha value is -0.630. The van der Waals surface area contributed by atoms with Gasteiger partial charge in [-0.1, -0.05) is 26.3 Å². The largest absolute Gasteiger partial charge is 0.365 e. The Morgan fingerprint density at radius 3 is 2.78 bits per heavy atom. The van der Waals surface area contributed by atoms with Crippen LogP contribution in [0.1, 0.15) is 72.1 Å². The Labute approximate surface area is 140 Å². The van der Waals surface area contributed by atoms with Crippen LogP contribution in [0.2, 0.25) is 0 Å². The number of carbonyl (C=O) groups is 1. The highest BCUT2D eigenvalue weighted by atomic mass is 16.6. The van der Waals surface area contributed by atoms with Crippen molar-refractivity contribution in [2.24, 2.45) is 28.6 Å². The lowest BCUT2D eigenvalue weighted by atomic mass is 9.46. The van der Waals surface area contributed by atoms with Gasteiger partial charge in [-0.15, -0.1) is 0 Å². The van der Waals surface area contributed by atoms with Crippen LogP contribution in [0.4, 0.5) is 0 Å². The van der Waals surface area contributed by atoms with Gasteiger partial charge in [-0.05, 0) is 74.2 Å². The third-order valence-electron chi connectivity index (χ3n) is 9.13. The molecule has 23 heavy (non-hydrogen) atoms. The third-order valence-corrected chi connectivity index (χ3v) is 9.13. The van der Waals surface area contributed by atoms with Gasteiger partial charge in [0.15, 0.2) is 5.78 Å². The van der Waals surface area contributed by atoms with E-state index in [1.54, 1.807) is 0 Å². The highest BCUT2D eigenvalue weighted by molar-refractivity contribution is 5.91. The van der Waals surface area contributed by atoms with Crippen LogP contribution in [-0.2, 0) is 9.53 Å². The van der Waals surface area contributed by atoms with E-state index in [0.29, 0.717) is 22.7 Å². The van der Waals surface area contributed by atoms with Crippen LogP contribution < -0.4 is 0 Å². The summed E-state index contributed by atoms with van der Waals surface area (Å²) in [5.74, 6) is 2.90. The van der Waals surface area contributed by atoms with Crippen LogP contribution in [0, 0.1) is 28.6 Å². The molecule has 126 valence electrons. The molecule has 7 atom stereocenters. The van der Waals surface area contributed by atoms with Gasteiger partial charge in [-0.3, -0.25) is 4.79 Å². The highest BCUT2D eigenvalue weighted by Gasteiger charge is 2.76. The fourth-order valence-corrected chi connectivity index (χ4v) is 7.75. The van der Waals surface area contributed by atoms with Crippen molar-refractivity contribution in [3.63, 3.8) is 0 Å². The van der Waals surface area contributed by atoms with E-state index >= 15 is 0 Å². The number of ketones is 1. The second-order valence-electron chi connectivity index (χ2n) is 9.51.